The number of hydrogen-bond donors (Lipinski definition) is 2. The van der Waals surface area contributed by atoms with E-state index in [2.05, 4.69) is 143 Å². The molecule has 0 saturated carbocycles. The van der Waals surface area contributed by atoms with Crippen LogP contribution in [-0.4, -0.2) is 9.97 Å². The molecule has 2 nitrogen and oxygen atoms in total. The Morgan fingerprint density at radius 3 is 0.944 bits per heavy atom. The van der Waals surface area contributed by atoms with Gasteiger partial charge in [0.15, 0.2) is 0 Å². The maximum absolute atomic E-state index is 3.85. The zero-order valence-electron chi connectivity index (χ0n) is 19.7. The number of rotatable bonds is 4. The van der Waals surface area contributed by atoms with Crippen LogP contribution in [0.1, 0.15) is 22.3 Å². The van der Waals surface area contributed by atoms with Crippen LogP contribution in [0.5, 0.6) is 0 Å². The molecule has 0 fully saturated rings. The second kappa shape index (κ2) is 8.44. The molecule has 5 aromatic carbocycles. The van der Waals surface area contributed by atoms with E-state index in [0.717, 1.165) is 33.5 Å². The van der Waals surface area contributed by atoms with E-state index in [-0.39, 0.29) is 0 Å². The molecule has 2 heterocycles. The summed E-state index contributed by atoms with van der Waals surface area (Å²) in [6, 6.07) is 47.0. The molecule has 0 saturated heterocycles. The lowest BCUT2D eigenvalue weighted by Gasteiger charge is -2.31. The maximum Gasteiger partial charge on any atom is 0.0703 e. The average Bonchev–Trinajstić information content (AvgIpc) is 2.92. The van der Waals surface area contributed by atoms with Gasteiger partial charge in [0.2, 0.25) is 0 Å². The fourth-order valence-electron chi connectivity index (χ4n) is 5.34. The van der Waals surface area contributed by atoms with E-state index in [4.69, 9.17) is 0 Å². The Balaban J connectivity index is 1.59. The minimum atomic E-state index is 1.07. The molecule has 2 bridgehead atoms. The van der Waals surface area contributed by atoms with Crippen LogP contribution in [0.15, 0.2) is 133 Å². The molecule has 7 aromatic rings. The molecule has 2 heteroatoms. The third-order valence-corrected chi connectivity index (χ3v) is 6.97. The fraction of sp³-hybridized carbons (Fsp3) is 0. The van der Waals surface area contributed by atoms with Crippen molar-refractivity contribution >= 4 is 22.2 Å². The Morgan fingerprint density at radius 2 is 0.611 bits per heavy atom. The number of aromatic amines is 2. The third-order valence-electron chi connectivity index (χ3n) is 6.97. The van der Waals surface area contributed by atoms with Gasteiger partial charge in [0.25, 0.3) is 0 Å². The van der Waals surface area contributed by atoms with E-state index in [1.165, 1.54) is 33.4 Å². The summed E-state index contributed by atoms with van der Waals surface area (Å²) in [4.78, 5) is 7.71. The quantitative estimate of drug-likeness (QED) is 0.263. The molecule has 0 atom stereocenters. The van der Waals surface area contributed by atoms with Crippen LogP contribution in [0.25, 0.3) is 44.7 Å². The number of hydrogen-bond acceptors (Lipinski definition) is 0. The highest BCUT2D eigenvalue weighted by Crippen LogP contribution is 2.51. The van der Waals surface area contributed by atoms with Gasteiger partial charge in [-0.2, -0.15) is 0 Å². The number of aromatic nitrogens is 2. The zero-order chi connectivity index (χ0) is 23.9. The first kappa shape index (κ1) is 20.5. The first-order valence-corrected chi connectivity index (χ1v) is 12.3. The van der Waals surface area contributed by atoms with Crippen molar-refractivity contribution in [3.05, 3.63) is 156 Å². The molecule has 0 amide bonds. The van der Waals surface area contributed by atoms with Crippen LogP contribution in [0.2, 0.25) is 0 Å². The molecule has 8 rings (SSSR count). The Labute approximate surface area is 210 Å². The van der Waals surface area contributed by atoms with Crippen molar-refractivity contribution in [1.29, 1.82) is 0 Å². The molecule has 36 heavy (non-hydrogen) atoms. The highest BCUT2D eigenvalue weighted by atomic mass is 14.8. The molecular weight excluding hydrogens is 436 g/mol. The summed E-state index contributed by atoms with van der Waals surface area (Å²) >= 11 is 0. The first-order valence-electron chi connectivity index (χ1n) is 12.3. The van der Waals surface area contributed by atoms with Crippen LogP contribution >= 0.6 is 0 Å². The lowest BCUT2D eigenvalue weighted by Crippen LogP contribution is -2.12. The predicted octanol–water partition coefficient (Wildman–Crippen LogP) is 8.71. The average molecular weight is 461 g/mol. The summed E-state index contributed by atoms with van der Waals surface area (Å²) in [5.41, 5.74) is 14.3. The van der Waals surface area contributed by atoms with E-state index in [1.807, 2.05) is 0 Å². The summed E-state index contributed by atoms with van der Waals surface area (Å²) in [5, 5.41) is 0. The highest BCUT2D eigenvalue weighted by molar-refractivity contribution is 6.21. The molecule has 2 aromatic heterocycles. The first-order chi connectivity index (χ1) is 17.9. The Kier molecular flexibility index (Phi) is 4.82. The fourth-order valence-corrected chi connectivity index (χ4v) is 5.34. The van der Waals surface area contributed by atoms with Gasteiger partial charge in [-0.3, -0.25) is 0 Å². The Hall–Kier alpha value is -4.82. The van der Waals surface area contributed by atoms with Crippen LogP contribution in [0.3, 0.4) is 0 Å². The lowest BCUT2D eigenvalue weighted by molar-refractivity contribution is 1.28. The van der Waals surface area contributed by atoms with Crippen molar-refractivity contribution in [2.24, 2.45) is 0 Å². The van der Waals surface area contributed by atoms with Gasteiger partial charge in [-0.05, 0) is 23.3 Å². The lowest BCUT2D eigenvalue weighted by atomic mass is 9.73. The van der Waals surface area contributed by atoms with Crippen molar-refractivity contribution < 1.29 is 0 Å². The van der Waals surface area contributed by atoms with Crippen LogP contribution in [0.4, 0.5) is 0 Å². The Morgan fingerprint density at radius 1 is 0.306 bits per heavy atom. The van der Waals surface area contributed by atoms with Gasteiger partial charge in [-0.1, -0.05) is 121 Å². The standard InChI is InChI=1S/C34H24N2/c1-5-13-23(14-6-1)29-30(24-15-7-2-8-16-24)32-28-22-21-27(31(29)32)35-33(25-17-9-3-10-18-25)34(36-28)26-19-11-4-12-20-26/h1-22,35-36H. The van der Waals surface area contributed by atoms with Gasteiger partial charge >= 0.3 is 0 Å². The molecule has 0 unspecified atom stereocenters. The molecule has 170 valence electrons. The van der Waals surface area contributed by atoms with Crippen molar-refractivity contribution in [3.8, 4) is 22.5 Å². The van der Waals surface area contributed by atoms with Crippen molar-refractivity contribution in [1.82, 2.24) is 9.97 Å². The second-order valence-corrected chi connectivity index (χ2v) is 9.12. The van der Waals surface area contributed by atoms with E-state index in [0.29, 0.717) is 0 Å². The molecule has 2 N–H and O–H groups in total. The monoisotopic (exact) mass is 460 g/mol. The normalized spacial score (nSPS) is 12.3. The van der Waals surface area contributed by atoms with Gasteiger partial charge in [0.05, 0.1) is 11.4 Å². The third kappa shape index (κ3) is 3.27. The maximum atomic E-state index is 3.85. The second-order valence-electron chi connectivity index (χ2n) is 9.12. The number of nitrogens with one attached hydrogen (secondary N) is 2. The molecule has 1 aliphatic carbocycles. The van der Waals surface area contributed by atoms with Gasteiger partial charge in [0.1, 0.15) is 0 Å². The van der Waals surface area contributed by atoms with Gasteiger partial charge in [-0.25, -0.2) is 0 Å². The number of benzene rings is 5. The van der Waals surface area contributed by atoms with Crippen molar-refractivity contribution in [3.63, 3.8) is 0 Å². The largest absolute Gasteiger partial charge is 0.353 e. The van der Waals surface area contributed by atoms with Gasteiger partial charge in [0, 0.05) is 44.4 Å². The summed E-state index contributed by atoms with van der Waals surface area (Å²) < 4.78 is 0. The summed E-state index contributed by atoms with van der Waals surface area (Å²) in [6.07, 6.45) is 0. The smallest absolute Gasteiger partial charge is 0.0703 e. The van der Waals surface area contributed by atoms with Crippen molar-refractivity contribution in [2.45, 2.75) is 0 Å². The van der Waals surface area contributed by atoms with Crippen LogP contribution in [0, 0.1) is 0 Å². The summed E-state index contributed by atoms with van der Waals surface area (Å²) in [6.45, 7) is 0. The van der Waals surface area contributed by atoms with Crippen LogP contribution < -0.4 is 0 Å². The molecule has 0 aliphatic heterocycles. The summed E-state index contributed by atoms with van der Waals surface area (Å²) in [5.74, 6) is 0. The number of fused-ring (bicyclic) bond motifs is 4. The SMILES string of the molecule is c1ccc(C2=C(c3ccccc3)c3c2c2ccc3[nH]c(-c3ccccc3)c(-c3ccccc3)[nH]2)cc1. The number of H-pyrrole nitrogens is 2. The molecule has 1 aliphatic rings. The highest BCUT2D eigenvalue weighted by Gasteiger charge is 2.32. The van der Waals surface area contributed by atoms with Crippen LogP contribution in [-0.2, 0) is 0 Å². The minimum Gasteiger partial charge on any atom is -0.353 e. The summed E-state index contributed by atoms with van der Waals surface area (Å²) in [7, 11) is 0. The van der Waals surface area contributed by atoms with Gasteiger partial charge in [-0.15, -0.1) is 0 Å². The predicted molar refractivity (Wildman–Crippen MR) is 150 cm³/mol. The minimum absolute atomic E-state index is 1.07. The van der Waals surface area contributed by atoms with E-state index < -0.39 is 0 Å². The molecule has 0 radical (unpaired) electrons. The van der Waals surface area contributed by atoms with Crippen molar-refractivity contribution in [2.75, 3.05) is 0 Å². The Bertz CT molecular complexity index is 1610. The van der Waals surface area contributed by atoms with E-state index in [9.17, 15) is 0 Å². The molecular formula is C34H24N2. The van der Waals surface area contributed by atoms with E-state index >= 15 is 0 Å². The topological polar surface area (TPSA) is 31.6 Å². The molecule has 0 spiro atoms. The zero-order valence-corrected chi connectivity index (χ0v) is 19.7. The van der Waals surface area contributed by atoms with E-state index in [1.54, 1.807) is 0 Å². The van der Waals surface area contributed by atoms with Gasteiger partial charge < -0.3 is 9.97 Å².